The molecule has 0 bridgehead atoms. The van der Waals surface area contributed by atoms with Crippen molar-refractivity contribution < 1.29 is 4.79 Å². The van der Waals surface area contributed by atoms with Crippen molar-refractivity contribution in [1.82, 2.24) is 4.90 Å². The van der Waals surface area contributed by atoms with Crippen molar-refractivity contribution >= 4 is 28.8 Å². The maximum atomic E-state index is 11.8. The highest BCUT2D eigenvalue weighted by Crippen LogP contribution is 2.29. The van der Waals surface area contributed by atoms with Crippen molar-refractivity contribution in [1.29, 1.82) is 0 Å². The van der Waals surface area contributed by atoms with E-state index in [4.69, 9.17) is 11.6 Å². The van der Waals surface area contributed by atoms with Crippen LogP contribution in [0.25, 0.3) is 10.4 Å². The maximum Gasteiger partial charge on any atom is 0.263 e. The second kappa shape index (κ2) is 4.90. The van der Waals surface area contributed by atoms with Crippen LogP contribution in [0.4, 0.5) is 0 Å². The lowest BCUT2D eigenvalue weighted by molar-refractivity contribution is 0.0832. The summed E-state index contributed by atoms with van der Waals surface area (Å²) in [6.45, 7) is 0. The van der Waals surface area contributed by atoms with Crippen LogP contribution in [0.2, 0.25) is 5.02 Å². The summed E-state index contributed by atoms with van der Waals surface area (Å²) in [5.74, 6) is 0.0372. The number of carbonyl (C=O) groups excluding carboxylic acids is 1. The standard InChI is InChI=1S/C13H12ClNOS/c1-15(2)13(16)12-8-7-11(17-12)9-3-5-10(14)6-4-9/h3-8H,1-2H3. The smallest absolute Gasteiger partial charge is 0.263 e. The number of carbonyl (C=O) groups is 1. The van der Waals surface area contributed by atoms with E-state index < -0.39 is 0 Å². The number of thiophene rings is 1. The molecule has 0 aliphatic heterocycles. The van der Waals surface area contributed by atoms with Crippen molar-refractivity contribution in [3.63, 3.8) is 0 Å². The molecule has 4 heteroatoms. The predicted molar refractivity (Wildman–Crippen MR) is 72.8 cm³/mol. The fourth-order valence-electron chi connectivity index (χ4n) is 1.44. The third-order valence-corrected chi connectivity index (χ3v) is 3.73. The van der Waals surface area contributed by atoms with Gasteiger partial charge in [0, 0.05) is 24.0 Å². The Hall–Kier alpha value is -1.32. The van der Waals surface area contributed by atoms with E-state index in [0.29, 0.717) is 0 Å². The highest BCUT2D eigenvalue weighted by Gasteiger charge is 2.11. The van der Waals surface area contributed by atoms with Gasteiger partial charge >= 0.3 is 0 Å². The summed E-state index contributed by atoms with van der Waals surface area (Å²) in [5.41, 5.74) is 1.08. The zero-order valence-corrected chi connectivity index (χ0v) is 11.2. The van der Waals surface area contributed by atoms with Crippen LogP contribution >= 0.6 is 22.9 Å². The molecular weight excluding hydrogens is 254 g/mol. The first-order valence-electron chi connectivity index (χ1n) is 5.15. The summed E-state index contributed by atoms with van der Waals surface area (Å²) in [6.07, 6.45) is 0. The van der Waals surface area contributed by atoms with E-state index in [1.165, 1.54) is 11.3 Å². The molecule has 0 atom stereocenters. The highest BCUT2D eigenvalue weighted by atomic mass is 35.5. The molecule has 0 unspecified atom stereocenters. The lowest BCUT2D eigenvalue weighted by Crippen LogP contribution is -2.20. The van der Waals surface area contributed by atoms with Gasteiger partial charge in [0.05, 0.1) is 4.88 Å². The zero-order chi connectivity index (χ0) is 12.4. The largest absolute Gasteiger partial charge is 0.344 e. The fraction of sp³-hybridized carbons (Fsp3) is 0.154. The van der Waals surface area contributed by atoms with Gasteiger partial charge in [0.15, 0.2) is 0 Å². The minimum atomic E-state index is 0.0372. The molecule has 0 saturated heterocycles. The number of hydrogen-bond acceptors (Lipinski definition) is 2. The molecule has 1 aromatic carbocycles. The highest BCUT2D eigenvalue weighted by molar-refractivity contribution is 7.17. The van der Waals surface area contributed by atoms with E-state index in [1.54, 1.807) is 19.0 Å². The van der Waals surface area contributed by atoms with Crippen LogP contribution in [0.3, 0.4) is 0 Å². The van der Waals surface area contributed by atoms with Gasteiger partial charge in [-0.3, -0.25) is 4.79 Å². The number of benzene rings is 1. The molecule has 0 spiro atoms. The Balaban J connectivity index is 2.30. The van der Waals surface area contributed by atoms with Crippen LogP contribution < -0.4 is 0 Å². The SMILES string of the molecule is CN(C)C(=O)c1ccc(-c2ccc(Cl)cc2)s1. The summed E-state index contributed by atoms with van der Waals surface area (Å²) in [5, 5.41) is 0.717. The van der Waals surface area contributed by atoms with Gasteiger partial charge in [-0.2, -0.15) is 0 Å². The van der Waals surface area contributed by atoms with Crippen LogP contribution in [0.5, 0.6) is 0 Å². The minimum Gasteiger partial charge on any atom is -0.344 e. The number of halogens is 1. The average molecular weight is 266 g/mol. The van der Waals surface area contributed by atoms with E-state index in [1.807, 2.05) is 36.4 Å². The third kappa shape index (κ3) is 2.68. The first-order chi connectivity index (χ1) is 8.08. The van der Waals surface area contributed by atoms with Gasteiger partial charge < -0.3 is 4.90 Å². The van der Waals surface area contributed by atoms with Crippen molar-refractivity contribution in [2.75, 3.05) is 14.1 Å². The van der Waals surface area contributed by atoms with Gasteiger partial charge in [-0.15, -0.1) is 11.3 Å². The molecular formula is C13H12ClNOS. The summed E-state index contributed by atoms with van der Waals surface area (Å²) in [4.78, 5) is 15.2. The quantitative estimate of drug-likeness (QED) is 0.809. The first kappa shape index (κ1) is 12.1. The van der Waals surface area contributed by atoms with Gasteiger partial charge in [-0.1, -0.05) is 23.7 Å². The number of rotatable bonds is 2. The minimum absolute atomic E-state index is 0.0372. The lowest BCUT2D eigenvalue weighted by Gasteiger charge is -2.07. The van der Waals surface area contributed by atoms with Crippen molar-refractivity contribution in [2.24, 2.45) is 0 Å². The lowest BCUT2D eigenvalue weighted by atomic mass is 10.2. The second-order valence-electron chi connectivity index (χ2n) is 3.87. The van der Waals surface area contributed by atoms with Crippen LogP contribution in [0.1, 0.15) is 9.67 Å². The molecule has 2 aromatic rings. The monoisotopic (exact) mass is 265 g/mol. The van der Waals surface area contributed by atoms with E-state index in [2.05, 4.69) is 0 Å². The Labute approximate surface area is 109 Å². The molecule has 0 fully saturated rings. The van der Waals surface area contributed by atoms with Crippen molar-refractivity contribution in [3.8, 4) is 10.4 Å². The Morgan fingerprint density at radius 1 is 1.12 bits per heavy atom. The third-order valence-electron chi connectivity index (χ3n) is 2.35. The Morgan fingerprint density at radius 3 is 2.35 bits per heavy atom. The Bertz CT molecular complexity index is 531. The van der Waals surface area contributed by atoms with Gasteiger partial charge in [-0.05, 0) is 29.8 Å². The normalized spacial score (nSPS) is 10.3. The second-order valence-corrected chi connectivity index (χ2v) is 5.39. The molecule has 1 heterocycles. The molecule has 0 aliphatic rings. The van der Waals surface area contributed by atoms with Gasteiger partial charge in [0.25, 0.3) is 5.91 Å². The molecule has 0 radical (unpaired) electrons. The Morgan fingerprint density at radius 2 is 1.76 bits per heavy atom. The van der Waals surface area contributed by atoms with E-state index in [0.717, 1.165) is 20.3 Å². The van der Waals surface area contributed by atoms with Crippen molar-refractivity contribution in [2.45, 2.75) is 0 Å². The average Bonchev–Trinajstić information content (AvgIpc) is 2.78. The van der Waals surface area contributed by atoms with Crippen molar-refractivity contribution in [3.05, 3.63) is 46.3 Å². The van der Waals surface area contributed by atoms with Crippen LogP contribution in [-0.2, 0) is 0 Å². The predicted octanol–water partition coefficient (Wildman–Crippen LogP) is 3.77. The summed E-state index contributed by atoms with van der Waals surface area (Å²) >= 11 is 7.33. The van der Waals surface area contributed by atoms with E-state index in [-0.39, 0.29) is 5.91 Å². The molecule has 0 saturated carbocycles. The number of nitrogens with zero attached hydrogens (tertiary/aromatic N) is 1. The molecule has 17 heavy (non-hydrogen) atoms. The van der Waals surface area contributed by atoms with Crippen LogP contribution in [-0.4, -0.2) is 24.9 Å². The molecule has 0 N–H and O–H groups in total. The van der Waals surface area contributed by atoms with Gasteiger partial charge in [-0.25, -0.2) is 0 Å². The van der Waals surface area contributed by atoms with Gasteiger partial charge in [0.1, 0.15) is 0 Å². The molecule has 2 rings (SSSR count). The fourth-order valence-corrected chi connectivity index (χ4v) is 2.60. The maximum absolute atomic E-state index is 11.8. The van der Waals surface area contributed by atoms with E-state index in [9.17, 15) is 4.79 Å². The Kier molecular flexibility index (Phi) is 3.50. The molecule has 2 nitrogen and oxygen atoms in total. The van der Waals surface area contributed by atoms with Crippen LogP contribution in [0.15, 0.2) is 36.4 Å². The molecule has 1 aromatic heterocycles. The number of hydrogen-bond donors (Lipinski definition) is 0. The first-order valence-corrected chi connectivity index (χ1v) is 6.35. The zero-order valence-electron chi connectivity index (χ0n) is 9.61. The molecule has 0 aliphatic carbocycles. The van der Waals surface area contributed by atoms with Crippen LogP contribution in [0, 0.1) is 0 Å². The molecule has 88 valence electrons. The van der Waals surface area contributed by atoms with Gasteiger partial charge in [0.2, 0.25) is 0 Å². The number of amides is 1. The molecule has 1 amide bonds. The topological polar surface area (TPSA) is 20.3 Å². The summed E-state index contributed by atoms with van der Waals surface area (Å²) in [6, 6.07) is 11.4. The van der Waals surface area contributed by atoms with E-state index >= 15 is 0 Å². The summed E-state index contributed by atoms with van der Waals surface area (Å²) < 4.78 is 0. The summed E-state index contributed by atoms with van der Waals surface area (Å²) in [7, 11) is 3.51.